The first kappa shape index (κ1) is 23.2. The molecule has 3 atom stereocenters. The Bertz CT molecular complexity index is 543. The van der Waals surface area contributed by atoms with Gasteiger partial charge in [-0.3, -0.25) is 9.69 Å². The van der Waals surface area contributed by atoms with E-state index >= 15 is 0 Å². The largest absolute Gasteiger partial charge is 0.338 e. The van der Waals surface area contributed by atoms with Gasteiger partial charge in [-0.25, -0.2) is 0 Å². The van der Waals surface area contributed by atoms with E-state index in [-0.39, 0.29) is 36.8 Å². The van der Waals surface area contributed by atoms with Crippen LogP contribution in [0.5, 0.6) is 0 Å². The molecule has 148 valence electrons. The number of amides is 1. The van der Waals surface area contributed by atoms with Crippen LogP contribution in [0.25, 0.3) is 0 Å². The quantitative estimate of drug-likeness (QED) is 0.841. The summed E-state index contributed by atoms with van der Waals surface area (Å²) in [4.78, 5) is 17.6. The molecule has 0 bridgehead atoms. The number of rotatable bonds is 4. The average molecular weight is 402 g/mol. The Kier molecular flexibility index (Phi) is 9.94. The summed E-state index contributed by atoms with van der Waals surface area (Å²) in [6.07, 6.45) is 4.31. The minimum atomic E-state index is 0. The van der Waals surface area contributed by atoms with Gasteiger partial charge in [0, 0.05) is 32.2 Å². The third-order valence-corrected chi connectivity index (χ3v) is 5.64. The van der Waals surface area contributed by atoms with Crippen LogP contribution in [0, 0.1) is 11.8 Å². The monoisotopic (exact) mass is 401 g/mol. The molecule has 3 rings (SSSR count). The number of piperidine rings is 2. The average Bonchev–Trinajstić information content (AvgIpc) is 2.62. The van der Waals surface area contributed by atoms with Crippen LogP contribution < -0.4 is 5.73 Å². The highest BCUT2D eigenvalue weighted by molar-refractivity contribution is 5.85. The number of nitrogens with two attached hydrogens (primary N) is 1. The predicted octanol–water partition coefficient (Wildman–Crippen LogP) is 3.33. The van der Waals surface area contributed by atoms with Gasteiger partial charge in [-0.15, -0.1) is 24.8 Å². The number of halogens is 2. The summed E-state index contributed by atoms with van der Waals surface area (Å²) < 4.78 is 0. The lowest BCUT2D eigenvalue weighted by Crippen LogP contribution is -2.53. The molecule has 26 heavy (non-hydrogen) atoms. The minimum absolute atomic E-state index is 0. The van der Waals surface area contributed by atoms with Gasteiger partial charge in [-0.1, -0.05) is 37.3 Å². The zero-order valence-electron chi connectivity index (χ0n) is 15.7. The van der Waals surface area contributed by atoms with Crippen molar-refractivity contribution in [2.24, 2.45) is 17.6 Å². The van der Waals surface area contributed by atoms with Gasteiger partial charge >= 0.3 is 0 Å². The molecule has 2 fully saturated rings. The van der Waals surface area contributed by atoms with E-state index in [9.17, 15) is 4.79 Å². The second-order valence-electron chi connectivity index (χ2n) is 7.61. The summed E-state index contributed by atoms with van der Waals surface area (Å²) in [6, 6.07) is 10.8. The van der Waals surface area contributed by atoms with Crippen molar-refractivity contribution in [1.29, 1.82) is 0 Å². The molecular formula is C20H33Cl2N3O. The Hall–Kier alpha value is -0.810. The zero-order valence-corrected chi connectivity index (χ0v) is 17.3. The summed E-state index contributed by atoms with van der Waals surface area (Å²) in [5, 5.41) is 0. The summed E-state index contributed by atoms with van der Waals surface area (Å²) in [5.41, 5.74) is 7.28. The third kappa shape index (κ3) is 5.85. The van der Waals surface area contributed by atoms with Gasteiger partial charge < -0.3 is 10.6 Å². The van der Waals surface area contributed by atoms with Crippen LogP contribution in [0.2, 0.25) is 0 Å². The minimum Gasteiger partial charge on any atom is -0.338 e. The van der Waals surface area contributed by atoms with E-state index in [1.54, 1.807) is 0 Å². The Morgan fingerprint density at radius 3 is 2.58 bits per heavy atom. The van der Waals surface area contributed by atoms with Crippen molar-refractivity contribution in [3.63, 3.8) is 0 Å². The van der Waals surface area contributed by atoms with Gasteiger partial charge in [-0.05, 0) is 43.7 Å². The third-order valence-electron chi connectivity index (χ3n) is 5.64. The van der Waals surface area contributed by atoms with Gasteiger partial charge in [0.1, 0.15) is 0 Å². The van der Waals surface area contributed by atoms with Crippen molar-refractivity contribution in [3.8, 4) is 0 Å². The van der Waals surface area contributed by atoms with E-state index in [1.165, 1.54) is 5.56 Å². The molecule has 0 saturated carbocycles. The van der Waals surface area contributed by atoms with E-state index in [0.29, 0.717) is 18.4 Å². The molecule has 2 aliphatic heterocycles. The van der Waals surface area contributed by atoms with Crippen LogP contribution in [0.3, 0.4) is 0 Å². The van der Waals surface area contributed by atoms with Gasteiger partial charge in [0.2, 0.25) is 5.91 Å². The SMILES string of the molecule is CC1CCN(C(=O)C2CCCN(Cc3ccccc3)C2)C(CN)C1.Cl.Cl. The first-order valence-electron chi connectivity index (χ1n) is 9.44. The lowest BCUT2D eigenvalue weighted by Gasteiger charge is -2.41. The second-order valence-corrected chi connectivity index (χ2v) is 7.61. The van der Waals surface area contributed by atoms with Gasteiger partial charge in [0.25, 0.3) is 0 Å². The summed E-state index contributed by atoms with van der Waals surface area (Å²) in [7, 11) is 0. The van der Waals surface area contributed by atoms with Gasteiger partial charge in [0.05, 0.1) is 5.92 Å². The molecule has 2 heterocycles. The molecule has 6 heteroatoms. The maximum Gasteiger partial charge on any atom is 0.227 e. The molecule has 2 N–H and O–H groups in total. The van der Waals surface area contributed by atoms with Crippen LogP contribution in [0.4, 0.5) is 0 Å². The lowest BCUT2D eigenvalue weighted by molar-refractivity contribution is -0.141. The number of hydrogen-bond donors (Lipinski definition) is 1. The topological polar surface area (TPSA) is 49.6 Å². The summed E-state index contributed by atoms with van der Waals surface area (Å²) >= 11 is 0. The molecule has 0 radical (unpaired) electrons. The van der Waals surface area contributed by atoms with Crippen molar-refractivity contribution in [2.45, 2.75) is 45.2 Å². The van der Waals surface area contributed by atoms with E-state index in [0.717, 1.165) is 51.9 Å². The maximum atomic E-state index is 13.1. The number of likely N-dealkylation sites (tertiary alicyclic amines) is 2. The Morgan fingerprint density at radius 2 is 1.88 bits per heavy atom. The Labute approximate surface area is 170 Å². The first-order valence-corrected chi connectivity index (χ1v) is 9.44. The number of carbonyl (C=O) groups is 1. The van der Waals surface area contributed by atoms with E-state index < -0.39 is 0 Å². The highest BCUT2D eigenvalue weighted by Gasteiger charge is 2.34. The molecule has 3 unspecified atom stereocenters. The van der Waals surface area contributed by atoms with Crippen molar-refractivity contribution in [3.05, 3.63) is 35.9 Å². The highest BCUT2D eigenvalue weighted by Crippen LogP contribution is 2.27. The second kappa shape index (κ2) is 11.1. The van der Waals surface area contributed by atoms with Crippen molar-refractivity contribution in [2.75, 3.05) is 26.2 Å². The van der Waals surface area contributed by atoms with Crippen LogP contribution in [0.15, 0.2) is 30.3 Å². The molecule has 1 aromatic carbocycles. The summed E-state index contributed by atoms with van der Waals surface area (Å²) in [5.74, 6) is 1.17. The number of benzene rings is 1. The standard InChI is InChI=1S/C20H31N3O.2ClH/c1-16-9-11-23(19(12-16)13-21)20(24)18-8-5-10-22(15-18)14-17-6-3-2-4-7-17;;/h2-4,6-7,16,18-19H,5,8-15,21H2,1H3;2*1H. The van der Waals surface area contributed by atoms with Gasteiger partial charge in [0.15, 0.2) is 0 Å². The molecule has 2 aliphatic rings. The molecule has 1 aromatic rings. The predicted molar refractivity (Wildman–Crippen MR) is 112 cm³/mol. The van der Waals surface area contributed by atoms with Crippen LogP contribution in [-0.2, 0) is 11.3 Å². The fraction of sp³-hybridized carbons (Fsp3) is 0.650. The van der Waals surface area contributed by atoms with E-state index in [4.69, 9.17) is 5.73 Å². The fourth-order valence-electron chi connectivity index (χ4n) is 4.24. The molecule has 0 spiro atoms. The maximum absolute atomic E-state index is 13.1. The zero-order chi connectivity index (χ0) is 16.9. The first-order chi connectivity index (χ1) is 11.7. The highest BCUT2D eigenvalue weighted by atomic mass is 35.5. The lowest BCUT2D eigenvalue weighted by atomic mass is 9.89. The molecule has 2 saturated heterocycles. The summed E-state index contributed by atoms with van der Waals surface area (Å²) in [6.45, 7) is 6.68. The van der Waals surface area contributed by atoms with Crippen LogP contribution in [0.1, 0.15) is 38.2 Å². The Morgan fingerprint density at radius 1 is 1.15 bits per heavy atom. The van der Waals surface area contributed by atoms with Crippen molar-refractivity contribution < 1.29 is 4.79 Å². The molecule has 0 aliphatic carbocycles. The van der Waals surface area contributed by atoms with Crippen molar-refractivity contribution >= 4 is 30.7 Å². The van der Waals surface area contributed by atoms with E-state index in [2.05, 4.69) is 47.1 Å². The van der Waals surface area contributed by atoms with Gasteiger partial charge in [-0.2, -0.15) is 0 Å². The normalized spacial score (nSPS) is 26.5. The smallest absolute Gasteiger partial charge is 0.227 e. The molecule has 4 nitrogen and oxygen atoms in total. The fourth-order valence-corrected chi connectivity index (χ4v) is 4.24. The van der Waals surface area contributed by atoms with Crippen LogP contribution >= 0.6 is 24.8 Å². The molecular weight excluding hydrogens is 369 g/mol. The molecule has 0 aromatic heterocycles. The van der Waals surface area contributed by atoms with E-state index in [1.807, 2.05) is 0 Å². The number of nitrogens with zero attached hydrogens (tertiary/aromatic N) is 2. The van der Waals surface area contributed by atoms with Crippen LogP contribution in [-0.4, -0.2) is 47.9 Å². The molecule has 1 amide bonds. The number of hydrogen-bond acceptors (Lipinski definition) is 3. The Balaban J connectivity index is 0.00000169. The van der Waals surface area contributed by atoms with Crippen molar-refractivity contribution in [1.82, 2.24) is 9.80 Å². The number of carbonyl (C=O) groups excluding carboxylic acids is 1.